The third-order valence-corrected chi connectivity index (χ3v) is 6.81. The van der Waals surface area contributed by atoms with E-state index in [0.29, 0.717) is 5.57 Å². The van der Waals surface area contributed by atoms with Gasteiger partial charge in [-0.1, -0.05) is 58.4 Å². The molecule has 1 amide bonds. The van der Waals surface area contributed by atoms with E-state index in [9.17, 15) is 4.79 Å². The van der Waals surface area contributed by atoms with Gasteiger partial charge in [0, 0.05) is 20.1 Å². The number of hydrogen-bond donors (Lipinski definition) is 1. The predicted molar refractivity (Wildman–Crippen MR) is 118 cm³/mol. The maximum Gasteiger partial charge on any atom is 0.256 e. The molecule has 4 heteroatoms. The largest absolute Gasteiger partial charge is 0.320 e. The number of amides is 1. The first kappa shape index (κ1) is 17.0. The van der Waals surface area contributed by atoms with Gasteiger partial charge in [-0.3, -0.25) is 4.79 Å². The molecule has 1 N–H and O–H groups in total. The van der Waals surface area contributed by atoms with Gasteiger partial charge in [0.1, 0.15) is 0 Å². The molecule has 0 atom stereocenters. The van der Waals surface area contributed by atoms with Crippen LogP contribution in [0.5, 0.6) is 0 Å². The summed E-state index contributed by atoms with van der Waals surface area (Å²) in [6.45, 7) is 2.03. The molecule has 2 aliphatic rings. The van der Waals surface area contributed by atoms with Gasteiger partial charge in [0.05, 0.1) is 5.69 Å². The van der Waals surface area contributed by atoms with E-state index in [1.54, 1.807) is 0 Å². The Morgan fingerprint density at radius 2 is 1.74 bits per heavy atom. The number of halogens is 2. The highest BCUT2D eigenvalue weighted by molar-refractivity contribution is 9.11. The molecule has 0 bridgehead atoms. The maximum absolute atomic E-state index is 12.6. The van der Waals surface area contributed by atoms with Gasteiger partial charge in [0.2, 0.25) is 0 Å². The number of rotatable bonds is 1. The SMILES string of the molecule is Cc1c(Br)cc(Br)c2c1C(=Cc1ccc3c(c1)Cc1ccccc1-3)C(=O)N2. The molecule has 3 aromatic carbocycles. The molecule has 1 heterocycles. The molecular weight excluding hydrogens is 466 g/mol. The Morgan fingerprint density at radius 1 is 0.963 bits per heavy atom. The van der Waals surface area contributed by atoms with Crippen molar-refractivity contribution in [2.45, 2.75) is 13.3 Å². The molecule has 1 aliphatic heterocycles. The lowest BCUT2D eigenvalue weighted by atomic mass is 9.97. The summed E-state index contributed by atoms with van der Waals surface area (Å²) in [4.78, 5) is 12.6. The zero-order valence-electron chi connectivity index (χ0n) is 14.6. The molecule has 0 aromatic heterocycles. The summed E-state index contributed by atoms with van der Waals surface area (Å²) in [5, 5.41) is 3.00. The van der Waals surface area contributed by atoms with Crippen LogP contribution in [0.15, 0.2) is 57.5 Å². The van der Waals surface area contributed by atoms with Crippen molar-refractivity contribution in [1.82, 2.24) is 0 Å². The van der Waals surface area contributed by atoms with Gasteiger partial charge in [-0.25, -0.2) is 0 Å². The Balaban J connectivity index is 1.62. The molecule has 3 aromatic rings. The Kier molecular flexibility index (Phi) is 3.88. The monoisotopic (exact) mass is 479 g/mol. The van der Waals surface area contributed by atoms with E-state index in [1.165, 1.54) is 22.3 Å². The summed E-state index contributed by atoms with van der Waals surface area (Å²) in [6.07, 6.45) is 2.94. The molecule has 0 unspecified atom stereocenters. The Labute approximate surface area is 174 Å². The first-order valence-electron chi connectivity index (χ1n) is 8.76. The third-order valence-electron chi connectivity index (χ3n) is 5.36. The zero-order valence-corrected chi connectivity index (χ0v) is 17.7. The fourth-order valence-electron chi connectivity index (χ4n) is 4.03. The van der Waals surface area contributed by atoms with Gasteiger partial charge in [-0.15, -0.1) is 0 Å². The number of carbonyl (C=O) groups excluding carboxylic acids is 1. The van der Waals surface area contributed by atoms with Crippen molar-refractivity contribution in [2.75, 3.05) is 5.32 Å². The van der Waals surface area contributed by atoms with Crippen LogP contribution in [-0.4, -0.2) is 5.91 Å². The molecule has 1 aliphatic carbocycles. The van der Waals surface area contributed by atoms with Crippen molar-refractivity contribution in [2.24, 2.45) is 0 Å². The second-order valence-corrected chi connectivity index (χ2v) is 8.69. The summed E-state index contributed by atoms with van der Waals surface area (Å²) in [7, 11) is 0. The lowest BCUT2D eigenvalue weighted by molar-refractivity contribution is -0.110. The number of benzene rings is 3. The van der Waals surface area contributed by atoms with Crippen molar-refractivity contribution in [3.63, 3.8) is 0 Å². The smallest absolute Gasteiger partial charge is 0.256 e. The summed E-state index contributed by atoms with van der Waals surface area (Å²) >= 11 is 7.15. The quantitative estimate of drug-likeness (QED) is 0.306. The van der Waals surface area contributed by atoms with E-state index in [1.807, 2.05) is 19.1 Å². The minimum Gasteiger partial charge on any atom is -0.320 e. The van der Waals surface area contributed by atoms with Crippen LogP contribution in [-0.2, 0) is 11.2 Å². The number of anilines is 1. The van der Waals surface area contributed by atoms with E-state index >= 15 is 0 Å². The molecule has 2 nitrogen and oxygen atoms in total. The average molecular weight is 481 g/mol. The molecule has 132 valence electrons. The average Bonchev–Trinajstić information content (AvgIpc) is 3.18. The summed E-state index contributed by atoms with van der Waals surface area (Å²) < 4.78 is 1.87. The highest BCUT2D eigenvalue weighted by Crippen LogP contribution is 2.44. The van der Waals surface area contributed by atoms with Crippen LogP contribution < -0.4 is 5.32 Å². The van der Waals surface area contributed by atoms with Crippen LogP contribution in [0.4, 0.5) is 5.69 Å². The molecule has 0 fully saturated rings. The van der Waals surface area contributed by atoms with Crippen LogP contribution in [0, 0.1) is 6.92 Å². The van der Waals surface area contributed by atoms with Crippen LogP contribution in [0.25, 0.3) is 22.8 Å². The second-order valence-electron chi connectivity index (χ2n) is 6.98. The topological polar surface area (TPSA) is 29.1 Å². The van der Waals surface area contributed by atoms with Gasteiger partial charge in [-0.05, 0) is 74.8 Å². The summed E-state index contributed by atoms with van der Waals surface area (Å²) in [5.74, 6) is -0.0596. The zero-order chi connectivity index (χ0) is 18.7. The van der Waals surface area contributed by atoms with Crippen LogP contribution in [0.3, 0.4) is 0 Å². The molecule has 0 saturated heterocycles. The first-order valence-corrected chi connectivity index (χ1v) is 10.3. The molecule has 0 radical (unpaired) electrons. The van der Waals surface area contributed by atoms with Crippen molar-refractivity contribution >= 4 is 55.1 Å². The second kappa shape index (κ2) is 6.18. The molecule has 0 spiro atoms. The molecule has 0 saturated carbocycles. The van der Waals surface area contributed by atoms with Gasteiger partial charge in [0.15, 0.2) is 0 Å². The molecule has 27 heavy (non-hydrogen) atoms. The van der Waals surface area contributed by atoms with Gasteiger partial charge >= 0.3 is 0 Å². The van der Waals surface area contributed by atoms with E-state index < -0.39 is 0 Å². The van der Waals surface area contributed by atoms with Crippen molar-refractivity contribution in [3.8, 4) is 11.1 Å². The minimum atomic E-state index is -0.0596. The number of hydrogen-bond acceptors (Lipinski definition) is 1. The standard InChI is InChI=1S/C23H15Br2NO/c1-12-19(24)11-20(25)22-21(12)18(23(27)26-22)9-13-6-7-17-15(8-13)10-14-4-2-3-5-16(14)17/h2-9,11H,10H2,1H3,(H,26,27). The van der Waals surface area contributed by atoms with Crippen molar-refractivity contribution in [3.05, 3.63) is 85.3 Å². The van der Waals surface area contributed by atoms with Crippen molar-refractivity contribution < 1.29 is 4.79 Å². The maximum atomic E-state index is 12.6. The number of nitrogens with one attached hydrogen (secondary N) is 1. The lowest BCUT2D eigenvalue weighted by Gasteiger charge is -2.09. The van der Waals surface area contributed by atoms with Gasteiger partial charge in [-0.2, -0.15) is 0 Å². The van der Waals surface area contributed by atoms with E-state index in [-0.39, 0.29) is 5.91 Å². The van der Waals surface area contributed by atoms with Crippen molar-refractivity contribution in [1.29, 1.82) is 0 Å². The normalized spacial score (nSPS) is 15.5. The molecular formula is C23H15Br2NO. The number of fused-ring (bicyclic) bond motifs is 4. The highest BCUT2D eigenvalue weighted by Gasteiger charge is 2.29. The third kappa shape index (κ3) is 2.62. The highest BCUT2D eigenvalue weighted by atomic mass is 79.9. The summed E-state index contributed by atoms with van der Waals surface area (Å²) in [5.41, 5.74) is 9.93. The van der Waals surface area contributed by atoms with E-state index in [2.05, 4.69) is 79.6 Å². The van der Waals surface area contributed by atoms with Crippen LogP contribution in [0.2, 0.25) is 0 Å². The Hall–Kier alpha value is -2.17. The molecule has 5 rings (SSSR count). The Bertz CT molecular complexity index is 1180. The van der Waals surface area contributed by atoms with E-state index in [0.717, 1.165) is 37.7 Å². The Morgan fingerprint density at radius 3 is 2.59 bits per heavy atom. The van der Waals surface area contributed by atoms with Gasteiger partial charge < -0.3 is 5.32 Å². The van der Waals surface area contributed by atoms with Crippen LogP contribution >= 0.6 is 31.9 Å². The fourth-order valence-corrected chi connectivity index (χ4v) is 5.29. The minimum absolute atomic E-state index is 0.0596. The first-order chi connectivity index (χ1) is 13.0. The fraction of sp³-hybridized carbons (Fsp3) is 0.0870. The summed E-state index contributed by atoms with van der Waals surface area (Å²) in [6, 6.07) is 17.0. The van der Waals surface area contributed by atoms with E-state index in [4.69, 9.17) is 0 Å². The number of carbonyl (C=O) groups is 1. The van der Waals surface area contributed by atoms with Gasteiger partial charge in [0.25, 0.3) is 5.91 Å². The lowest BCUT2D eigenvalue weighted by Crippen LogP contribution is -2.03. The predicted octanol–water partition coefficient (Wildman–Crippen LogP) is 6.58. The van der Waals surface area contributed by atoms with Crippen LogP contribution in [0.1, 0.15) is 27.8 Å².